The highest BCUT2D eigenvalue weighted by molar-refractivity contribution is 6.12. The Labute approximate surface area is 119 Å². The van der Waals surface area contributed by atoms with Crippen LogP contribution in [0.2, 0.25) is 5.82 Å². The van der Waals surface area contributed by atoms with Crippen LogP contribution in [0.3, 0.4) is 0 Å². The molecule has 4 heteroatoms. The summed E-state index contributed by atoms with van der Waals surface area (Å²) in [5.41, 5.74) is -0.377. The average Bonchev–Trinajstić information content (AvgIpc) is 2.21. The minimum absolute atomic E-state index is 0.0221. The lowest BCUT2D eigenvalue weighted by atomic mass is 9.72. The molecule has 1 fully saturated rings. The molecule has 2 unspecified atom stereocenters. The molecule has 0 aromatic rings. The van der Waals surface area contributed by atoms with Crippen LogP contribution in [0.1, 0.15) is 48.5 Å². The van der Waals surface area contributed by atoms with Crippen molar-refractivity contribution in [2.24, 2.45) is 5.92 Å². The Morgan fingerprint density at radius 3 is 2.16 bits per heavy atom. The van der Waals surface area contributed by atoms with Crippen LogP contribution in [0, 0.1) is 5.92 Å². The van der Waals surface area contributed by atoms with Crippen molar-refractivity contribution in [3.05, 3.63) is 0 Å². The molecular formula is C15H29BO3. The van der Waals surface area contributed by atoms with E-state index in [0.717, 1.165) is 0 Å². The molecule has 1 saturated heterocycles. The van der Waals surface area contributed by atoms with Gasteiger partial charge in [0.1, 0.15) is 6.10 Å². The van der Waals surface area contributed by atoms with Crippen LogP contribution < -0.4 is 0 Å². The van der Waals surface area contributed by atoms with Crippen LogP contribution in [0.5, 0.6) is 0 Å². The number of rotatable bonds is 3. The summed E-state index contributed by atoms with van der Waals surface area (Å²) in [5.74, 6) is 0.291. The van der Waals surface area contributed by atoms with Gasteiger partial charge in [-0.25, -0.2) is 0 Å². The molecule has 4 atom stereocenters. The summed E-state index contributed by atoms with van der Waals surface area (Å²) < 4.78 is 17.8. The van der Waals surface area contributed by atoms with Gasteiger partial charge in [0.15, 0.2) is 0 Å². The Kier molecular flexibility index (Phi) is 5.50. The number of ether oxygens (including phenoxy) is 3. The molecule has 0 N–H and O–H groups in total. The third kappa shape index (κ3) is 5.84. The Balaban J connectivity index is 2.70. The average molecular weight is 268 g/mol. The molecule has 0 spiro atoms. The molecule has 19 heavy (non-hydrogen) atoms. The Morgan fingerprint density at radius 2 is 1.68 bits per heavy atom. The van der Waals surface area contributed by atoms with Crippen molar-refractivity contribution in [3.8, 4) is 0 Å². The molecule has 0 amide bonds. The standard InChI is InChI=1S/C15H29BO3/c1-10-11(16)8-17-12(9-18-14(2,3)4)13(10)19-15(5,6)7/h10-13H,8-9H2,1-7H3/t10?,11-,12-,13?/m1/s1. The van der Waals surface area contributed by atoms with Gasteiger partial charge < -0.3 is 14.2 Å². The smallest absolute Gasteiger partial charge is 0.107 e. The van der Waals surface area contributed by atoms with E-state index >= 15 is 0 Å². The van der Waals surface area contributed by atoms with Gasteiger partial charge in [0.2, 0.25) is 0 Å². The molecule has 1 aliphatic heterocycles. The lowest BCUT2D eigenvalue weighted by Crippen LogP contribution is -2.50. The van der Waals surface area contributed by atoms with Crippen LogP contribution in [-0.2, 0) is 14.2 Å². The number of hydrogen-bond donors (Lipinski definition) is 0. The zero-order valence-corrected chi connectivity index (χ0v) is 13.5. The predicted molar refractivity (Wildman–Crippen MR) is 78.7 cm³/mol. The fourth-order valence-electron chi connectivity index (χ4n) is 2.13. The summed E-state index contributed by atoms with van der Waals surface area (Å²) in [6, 6.07) is 0. The van der Waals surface area contributed by atoms with Crippen molar-refractivity contribution >= 4 is 7.85 Å². The third-order valence-corrected chi connectivity index (χ3v) is 3.23. The van der Waals surface area contributed by atoms with Gasteiger partial charge in [0.25, 0.3) is 0 Å². The van der Waals surface area contributed by atoms with Crippen LogP contribution in [-0.4, -0.2) is 44.5 Å². The quantitative estimate of drug-likeness (QED) is 0.736. The molecule has 0 aromatic carbocycles. The van der Waals surface area contributed by atoms with Gasteiger partial charge >= 0.3 is 0 Å². The van der Waals surface area contributed by atoms with E-state index in [2.05, 4.69) is 27.7 Å². The number of hydrogen-bond acceptors (Lipinski definition) is 3. The third-order valence-electron chi connectivity index (χ3n) is 3.23. The molecule has 110 valence electrons. The fourth-order valence-corrected chi connectivity index (χ4v) is 2.13. The zero-order valence-electron chi connectivity index (χ0n) is 13.5. The van der Waals surface area contributed by atoms with Crippen molar-refractivity contribution in [1.29, 1.82) is 0 Å². The first-order chi connectivity index (χ1) is 8.49. The maximum atomic E-state index is 6.15. The van der Waals surface area contributed by atoms with E-state index in [1.807, 2.05) is 20.8 Å². The molecule has 0 aromatic heterocycles. The predicted octanol–water partition coefficient (Wildman–Crippen LogP) is 2.98. The minimum Gasteiger partial charge on any atom is -0.374 e. The van der Waals surface area contributed by atoms with Gasteiger partial charge in [0, 0.05) is 6.61 Å². The second kappa shape index (κ2) is 6.15. The van der Waals surface area contributed by atoms with Crippen molar-refractivity contribution in [1.82, 2.24) is 0 Å². The van der Waals surface area contributed by atoms with E-state index in [1.165, 1.54) is 0 Å². The van der Waals surface area contributed by atoms with Gasteiger partial charge in [-0.1, -0.05) is 6.92 Å². The largest absolute Gasteiger partial charge is 0.374 e. The highest BCUT2D eigenvalue weighted by Gasteiger charge is 2.39. The summed E-state index contributed by atoms with van der Waals surface area (Å²) in [4.78, 5) is 0. The van der Waals surface area contributed by atoms with Crippen LogP contribution in [0.4, 0.5) is 0 Å². The van der Waals surface area contributed by atoms with Gasteiger partial charge in [-0.3, -0.25) is 0 Å². The first-order valence-electron chi connectivity index (χ1n) is 7.18. The molecule has 0 saturated carbocycles. The normalized spacial score (nSPS) is 33.4. The Morgan fingerprint density at radius 1 is 1.11 bits per heavy atom. The fraction of sp³-hybridized carbons (Fsp3) is 1.00. The van der Waals surface area contributed by atoms with Gasteiger partial charge in [-0.15, -0.1) is 0 Å². The lowest BCUT2D eigenvalue weighted by molar-refractivity contribution is -0.196. The highest BCUT2D eigenvalue weighted by atomic mass is 16.6. The molecule has 1 heterocycles. The maximum Gasteiger partial charge on any atom is 0.107 e. The molecule has 1 rings (SSSR count). The summed E-state index contributed by atoms with van der Waals surface area (Å²) >= 11 is 0. The van der Waals surface area contributed by atoms with Crippen molar-refractivity contribution < 1.29 is 14.2 Å². The van der Waals surface area contributed by atoms with Gasteiger partial charge in [-0.05, 0) is 53.3 Å². The first-order valence-corrected chi connectivity index (χ1v) is 7.18. The van der Waals surface area contributed by atoms with Crippen molar-refractivity contribution in [2.75, 3.05) is 13.2 Å². The zero-order chi connectivity index (χ0) is 14.8. The second-order valence-electron chi connectivity index (χ2n) is 7.51. The van der Waals surface area contributed by atoms with Crippen molar-refractivity contribution in [3.63, 3.8) is 0 Å². The topological polar surface area (TPSA) is 27.7 Å². The van der Waals surface area contributed by atoms with Crippen LogP contribution >= 0.6 is 0 Å². The molecule has 1 aliphatic rings. The SMILES string of the molecule is [B][C@@H]1CO[C@H](COC(C)(C)C)C(OC(C)(C)C)C1C. The summed E-state index contributed by atoms with van der Waals surface area (Å²) in [5, 5.41) is 0. The first kappa shape index (κ1) is 17.0. The van der Waals surface area contributed by atoms with Gasteiger partial charge in [0.05, 0.1) is 31.8 Å². The Hall–Kier alpha value is -0.0551. The molecule has 2 radical (unpaired) electrons. The Bertz CT molecular complexity index is 280. The maximum absolute atomic E-state index is 6.15. The molecule has 0 bridgehead atoms. The van der Waals surface area contributed by atoms with E-state index < -0.39 is 0 Å². The van der Waals surface area contributed by atoms with Crippen LogP contribution in [0.25, 0.3) is 0 Å². The monoisotopic (exact) mass is 268 g/mol. The minimum atomic E-state index is -0.209. The van der Waals surface area contributed by atoms with Gasteiger partial charge in [-0.2, -0.15) is 0 Å². The second-order valence-corrected chi connectivity index (χ2v) is 7.51. The van der Waals surface area contributed by atoms with E-state index in [9.17, 15) is 0 Å². The van der Waals surface area contributed by atoms with E-state index in [1.54, 1.807) is 0 Å². The van der Waals surface area contributed by atoms with Crippen LogP contribution in [0.15, 0.2) is 0 Å². The van der Waals surface area contributed by atoms with E-state index in [4.69, 9.17) is 22.1 Å². The highest BCUT2D eigenvalue weighted by Crippen LogP contribution is 2.33. The summed E-state index contributed by atoms with van der Waals surface area (Å²) in [6.07, 6.45) is -0.0700. The van der Waals surface area contributed by atoms with Crippen molar-refractivity contribution in [2.45, 2.75) is 77.7 Å². The molecular weight excluding hydrogens is 239 g/mol. The van der Waals surface area contributed by atoms with E-state index in [-0.39, 0.29) is 35.1 Å². The molecule has 3 nitrogen and oxygen atoms in total. The summed E-state index contributed by atoms with van der Waals surface area (Å²) in [7, 11) is 6.09. The lowest BCUT2D eigenvalue weighted by Gasteiger charge is -2.43. The molecule has 0 aliphatic carbocycles. The summed E-state index contributed by atoms with van der Waals surface area (Å²) in [6.45, 7) is 15.6. The van der Waals surface area contributed by atoms with E-state index in [0.29, 0.717) is 13.2 Å².